The van der Waals surface area contributed by atoms with Crippen molar-refractivity contribution in [3.63, 3.8) is 0 Å². The highest BCUT2D eigenvalue weighted by atomic mass is 19.1. The number of benzene rings is 1. The van der Waals surface area contributed by atoms with Gasteiger partial charge >= 0.3 is 0 Å². The molecule has 5 nitrogen and oxygen atoms in total. The second-order valence-corrected chi connectivity index (χ2v) is 7.13. The SMILES string of the molecule is Cc1c(CO)c2cnnc(OCc3ccc(F)cc3)c2n1C[C@H]1C[C@@H]1C. The van der Waals surface area contributed by atoms with Crippen molar-refractivity contribution in [2.75, 3.05) is 0 Å². The molecule has 26 heavy (non-hydrogen) atoms. The van der Waals surface area contributed by atoms with Gasteiger partial charge in [-0.3, -0.25) is 0 Å². The first-order chi connectivity index (χ1) is 12.6. The first-order valence-corrected chi connectivity index (χ1v) is 8.90. The van der Waals surface area contributed by atoms with Crippen LogP contribution in [0.1, 0.15) is 30.2 Å². The van der Waals surface area contributed by atoms with E-state index in [9.17, 15) is 9.50 Å². The number of aliphatic hydroxyl groups is 1. The minimum absolute atomic E-state index is 0.0430. The fourth-order valence-electron chi connectivity index (χ4n) is 3.52. The second kappa shape index (κ2) is 6.68. The van der Waals surface area contributed by atoms with Crippen LogP contribution in [0.25, 0.3) is 10.9 Å². The zero-order valence-corrected chi connectivity index (χ0v) is 14.9. The molecule has 1 N–H and O–H groups in total. The van der Waals surface area contributed by atoms with E-state index >= 15 is 0 Å². The number of aromatic nitrogens is 3. The van der Waals surface area contributed by atoms with Gasteiger partial charge in [-0.05, 0) is 42.9 Å². The maximum atomic E-state index is 13.1. The van der Waals surface area contributed by atoms with Crippen LogP contribution in [0.5, 0.6) is 5.88 Å². The van der Waals surface area contributed by atoms with Gasteiger partial charge in [0.2, 0.25) is 0 Å². The fraction of sp³-hybridized carbons (Fsp3) is 0.400. The van der Waals surface area contributed by atoms with Gasteiger partial charge in [0.1, 0.15) is 17.9 Å². The molecule has 1 aliphatic carbocycles. The third kappa shape index (κ3) is 3.05. The number of rotatable bonds is 6. The summed E-state index contributed by atoms with van der Waals surface area (Å²) < 4.78 is 21.2. The van der Waals surface area contributed by atoms with Crippen molar-refractivity contribution in [3.05, 3.63) is 53.1 Å². The third-order valence-electron chi connectivity index (χ3n) is 5.37. The lowest BCUT2D eigenvalue weighted by Gasteiger charge is -2.11. The Bertz CT molecular complexity index is 936. The molecule has 1 aromatic carbocycles. The second-order valence-electron chi connectivity index (χ2n) is 7.13. The van der Waals surface area contributed by atoms with Crippen LogP contribution in [-0.2, 0) is 19.8 Å². The van der Waals surface area contributed by atoms with Gasteiger partial charge in [-0.15, -0.1) is 5.10 Å². The topological polar surface area (TPSA) is 60.2 Å². The van der Waals surface area contributed by atoms with Crippen molar-refractivity contribution in [3.8, 4) is 5.88 Å². The number of ether oxygens (including phenoxy) is 1. The lowest BCUT2D eigenvalue weighted by molar-refractivity contribution is 0.282. The summed E-state index contributed by atoms with van der Waals surface area (Å²) in [6, 6.07) is 6.21. The number of halogens is 1. The summed E-state index contributed by atoms with van der Waals surface area (Å²) in [6.07, 6.45) is 2.91. The molecule has 0 aliphatic heterocycles. The molecular formula is C20H22FN3O2. The minimum atomic E-state index is -0.272. The van der Waals surface area contributed by atoms with Gasteiger partial charge in [0.15, 0.2) is 0 Å². The van der Waals surface area contributed by atoms with Gasteiger partial charge in [0, 0.05) is 23.2 Å². The van der Waals surface area contributed by atoms with Crippen molar-refractivity contribution in [1.82, 2.24) is 14.8 Å². The van der Waals surface area contributed by atoms with Crippen molar-refractivity contribution in [2.24, 2.45) is 11.8 Å². The molecule has 2 atom stereocenters. The van der Waals surface area contributed by atoms with Crippen LogP contribution in [0, 0.1) is 24.6 Å². The highest BCUT2D eigenvalue weighted by Gasteiger charge is 2.34. The molecule has 0 spiro atoms. The Hall–Kier alpha value is -2.47. The highest BCUT2D eigenvalue weighted by molar-refractivity contribution is 5.88. The van der Waals surface area contributed by atoms with Gasteiger partial charge in [0.05, 0.1) is 12.8 Å². The van der Waals surface area contributed by atoms with Gasteiger partial charge < -0.3 is 14.4 Å². The smallest absolute Gasteiger partial charge is 0.258 e. The number of aliphatic hydroxyl groups excluding tert-OH is 1. The summed E-state index contributed by atoms with van der Waals surface area (Å²) in [4.78, 5) is 0. The lowest BCUT2D eigenvalue weighted by atomic mass is 10.2. The molecule has 0 unspecified atom stereocenters. The monoisotopic (exact) mass is 355 g/mol. The Morgan fingerprint density at radius 2 is 2.04 bits per heavy atom. The predicted molar refractivity (Wildman–Crippen MR) is 96.2 cm³/mol. The van der Waals surface area contributed by atoms with Gasteiger partial charge in [0.25, 0.3) is 5.88 Å². The summed E-state index contributed by atoms with van der Waals surface area (Å²) in [5, 5.41) is 18.9. The van der Waals surface area contributed by atoms with E-state index < -0.39 is 0 Å². The number of nitrogens with zero attached hydrogens (tertiary/aromatic N) is 3. The Balaban J connectivity index is 1.70. The molecule has 1 aliphatic rings. The van der Waals surface area contributed by atoms with E-state index in [1.807, 2.05) is 6.92 Å². The summed E-state index contributed by atoms with van der Waals surface area (Å²) in [7, 11) is 0. The van der Waals surface area contributed by atoms with E-state index in [1.165, 1.54) is 18.6 Å². The molecule has 4 rings (SSSR count). The molecular weight excluding hydrogens is 333 g/mol. The van der Waals surface area contributed by atoms with E-state index in [2.05, 4.69) is 21.7 Å². The molecule has 3 aromatic rings. The maximum absolute atomic E-state index is 13.1. The van der Waals surface area contributed by atoms with Crippen LogP contribution in [0.2, 0.25) is 0 Å². The standard InChI is InChI=1S/C20H22FN3O2/c1-12-7-15(12)9-24-13(2)18(10-25)17-8-22-23-20(19(17)24)26-11-14-3-5-16(21)6-4-14/h3-6,8,12,15,25H,7,9-11H2,1-2H3/t12-,15+/m0/s1. The molecule has 0 saturated heterocycles. The molecule has 1 fully saturated rings. The molecule has 136 valence electrons. The lowest BCUT2D eigenvalue weighted by Crippen LogP contribution is -2.06. The Morgan fingerprint density at radius 1 is 1.31 bits per heavy atom. The van der Waals surface area contributed by atoms with Crippen molar-refractivity contribution in [1.29, 1.82) is 0 Å². The number of hydrogen-bond donors (Lipinski definition) is 1. The van der Waals surface area contributed by atoms with E-state index in [-0.39, 0.29) is 19.0 Å². The average molecular weight is 355 g/mol. The molecule has 0 amide bonds. The molecule has 1 saturated carbocycles. The molecule has 2 heterocycles. The molecule has 0 bridgehead atoms. The largest absolute Gasteiger partial charge is 0.470 e. The Labute approximate surface area is 151 Å². The summed E-state index contributed by atoms with van der Waals surface area (Å²) in [6.45, 7) is 5.40. The van der Waals surface area contributed by atoms with Gasteiger partial charge in [-0.25, -0.2) is 4.39 Å². The summed E-state index contributed by atoms with van der Waals surface area (Å²) >= 11 is 0. The average Bonchev–Trinajstić information content (AvgIpc) is 3.27. The summed E-state index contributed by atoms with van der Waals surface area (Å²) in [5.74, 6) is 1.55. The van der Waals surface area contributed by atoms with Crippen LogP contribution in [-0.4, -0.2) is 19.9 Å². The number of hydrogen-bond acceptors (Lipinski definition) is 4. The number of fused-ring (bicyclic) bond motifs is 1. The highest BCUT2D eigenvalue weighted by Crippen LogP contribution is 2.41. The van der Waals surface area contributed by atoms with E-state index in [0.717, 1.165) is 40.2 Å². The van der Waals surface area contributed by atoms with Crippen LogP contribution in [0.4, 0.5) is 4.39 Å². The minimum Gasteiger partial charge on any atom is -0.470 e. The first-order valence-electron chi connectivity index (χ1n) is 8.90. The van der Waals surface area contributed by atoms with Crippen LogP contribution < -0.4 is 4.74 Å². The van der Waals surface area contributed by atoms with Crippen LogP contribution in [0.3, 0.4) is 0 Å². The van der Waals surface area contributed by atoms with Crippen molar-refractivity contribution in [2.45, 2.75) is 40.0 Å². The fourth-order valence-corrected chi connectivity index (χ4v) is 3.52. The normalized spacial score (nSPS) is 19.1. The van der Waals surface area contributed by atoms with E-state index in [1.54, 1.807) is 18.3 Å². The first kappa shape index (κ1) is 17.0. The zero-order valence-electron chi connectivity index (χ0n) is 14.9. The van der Waals surface area contributed by atoms with Crippen molar-refractivity contribution >= 4 is 10.9 Å². The summed E-state index contributed by atoms with van der Waals surface area (Å²) in [5.41, 5.74) is 3.64. The Kier molecular flexibility index (Phi) is 4.36. The van der Waals surface area contributed by atoms with Gasteiger partial charge in [-0.2, -0.15) is 5.10 Å². The van der Waals surface area contributed by atoms with Crippen molar-refractivity contribution < 1.29 is 14.2 Å². The van der Waals surface area contributed by atoms with E-state index in [4.69, 9.17) is 4.74 Å². The molecule has 0 radical (unpaired) electrons. The predicted octanol–water partition coefficient (Wildman–Crippen LogP) is 3.61. The van der Waals surface area contributed by atoms with Gasteiger partial charge in [-0.1, -0.05) is 19.1 Å². The quantitative estimate of drug-likeness (QED) is 0.734. The molecule has 6 heteroatoms. The van der Waals surface area contributed by atoms with Crippen LogP contribution in [0.15, 0.2) is 30.5 Å². The maximum Gasteiger partial charge on any atom is 0.258 e. The van der Waals surface area contributed by atoms with Crippen LogP contribution >= 0.6 is 0 Å². The van der Waals surface area contributed by atoms with E-state index in [0.29, 0.717) is 11.8 Å². The zero-order chi connectivity index (χ0) is 18.3. The Morgan fingerprint density at radius 3 is 2.69 bits per heavy atom. The third-order valence-corrected chi connectivity index (χ3v) is 5.37. The molecule has 2 aromatic heterocycles.